The van der Waals surface area contributed by atoms with Crippen molar-refractivity contribution in [3.05, 3.63) is 23.8 Å². The Bertz CT molecular complexity index is 355. The summed E-state index contributed by atoms with van der Waals surface area (Å²) in [6, 6.07) is 6.05. The number of rotatable bonds is 3. The lowest BCUT2D eigenvalue weighted by Gasteiger charge is -2.18. The Morgan fingerprint density at radius 2 is 2.27 bits per heavy atom. The Kier molecular flexibility index (Phi) is 2.57. The van der Waals surface area contributed by atoms with Gasteiger partial charge in [-0.25, -0.2) is 0 Å². The third-order valence-corrected chi connectivity index (χ3v) is 2.41. The summed E-state index contributed by atoms with van der Waals surface area (Å²) >= 11 is 0. The molecule has 0 unspecified atom stereocenters. The van der Waals surface area contributed by atoms with Gasteiger partial charge in [-0.15, -0.1) is 0 Å². The van der Waals surface area contributed by atoms with Gasteiger partial charge >= 0.3 is 0 Å². The van der Waals surface area contributed by atoms with Crippen LogP contribution in [0.2, 0.25) is 0 Å². The van der Waals surface area contributed by atoms with Crippen molar-refractivity contribution in [1.82, 2.24) is 0 Å². The average molecular weight is 207 g/mol. The summed E-state index contributed by atoms with van der Waals surface area (Å²) in [7, 11) is 0. The molecule has 0 fully saturated rings. The highest BCUT2D eigenvalue weighted by molar-refractivity contribution is 5.52. The second-order valence-electron chi connectivity index (χ2n) is 4.59. The third-order valence-electron chi connectivity index (χ3n) is 2.41. The topological polar surface area (TPSA) is 41.5 Å². The number of aliphatic hydroxyl groups is 1. The van der Waals surface area contributed by atoms with Crippen LogP contribution in [0.15, 0.2) is 18.2 Å². The molecule has 15 heavy (non-hydrogen) atoms. The predicted molar refractivity (Wildman–Crippen MR) is 60.4 cm³/mol. The van der Waals surface area contributed by atoms with E-state index >= 15 is 0 Å². The first kappa shape index (κ1) is 10.3. The van der Waals surface area contributed by atoms with Crippen molar-refractivity contribution in [2.45, 2.75) is 25.9 Å². The Hall–Kier alpha value is -1.22. The summed E-state index contributed by atoms with van der Waals surface area (Å²) in [6.45, 7) is 4.91. The normalized spacial score (nSPS) is 14.6. The Morgan fingerprint density at radius 3 is 3.00 bits per heavy atom. The van der Waals surface area contributed by atoms with Crippen LogP contribution in [0.1, 0.15) is 19.4 Å². The second kappa shape index (κ2) is 3.74. The van der Waals surface area contributed by atoms with Crippen molar-refractivity contribution in [1.29, 1.82) is 0 Å². The van der Waals surface area contributed by atoms with E-state index in [1.165, 1.54) is 5.56 Å². The van der Waals surface area contributed by atoms with Crippen molar-refractivity contribution in [2.24, 2.45) is 0 Å². The van der Waals surface area contributed by atoms with E-state index in [0.29, 0.717) is 6.54 Å². The monoisotopic (exact) mass is 207 g/mol. The smallest absolute Gasteiger partial charge is 0.122 e. The van der Waals surface area contributed by atoms with Gasteiger partial charge in [-0.05, 0) is 37.6 Å². The summed E-state index contributed by atoms with van der Waals surface area (Å²) in [5, 5.41) is 12.8. The van der Waals surface area contributed by atoms with E-state index in [2.05, 4.69) is 11.4 Å². The number of hydrogen-bond donors (Lipinski definition) is 2. The van der Waals surface area contributed by atoms with Crippen LogP contribution in [0, 0.1) is 0 Å². The van der Waals surface area contributed by atoms with E-state index in [1.54, 1.807) is 13.8 Å². The molecule has 0 radical (unpaired) electrons. The van der Waals surface area contributed by atoms with Crippen molar-refractivity contribution in [3.8, 4) is 5.75 Å². The van der Waals surface area contributed by atoms with Gasteiger partial charge in [0.2, 0.25) is 0 Å². The molecule has 1 aromatic carbocycles. The number of anilines is 1. The van der Waals surface area contributed by atoms with E-state index in [4.69, 9.17) is 4.74 Å². The maximum atomic E-state index is 9.59. The van der Waals surface area contributed by atoms with E-state index in [-0.39, 0.29) is 0 Å². The summed E-state index contributed by atoms with van der Waals surface area (Å²) in [5.41, 5.74) is 1.60. The number of hydrogen-bond acceptors (Lipinski definition) is 3. The van der Waals surface area contributed by atoms with Gasteiger partial charge in [0, 0.05) is 18.7 Å². The van der Waals surface area contributed by atoms with Crippen LogP contribution < -0.4 is 10.1 Å². The molecule has 3 nitrogen and oxygen atoms in total. The van der Waals surface area contributed by atoms with E-state index in [0.717, 1.165) is 24.5 Å². The molecule has 0 saturated carbocycles. The van der Waals surface area contributed by atoms with Crippen LogP contribution in [0.5, 0.6) is 5.75 Å². The van der Waals surface area contributed by atoms with Gasteiger partial charge < -0.3 is 15.2 Å². The largest absolute Gasteiger partial charge is 0.493 e. The Balaban J connectivity index is 2.04. The molecule has 3 heteroatoms. The molecule has 0 aliphatic carbocycles. The van der Waals surface area contributed by atoms with Gasteiger partial charge in [0.1, 0.15) is 5.75 Å². The fourth-order valence-electron chi connectivity index (χ4n) is 1.61. The quantitative estimate of drug-likeness (QED) is 0.794. The number of nitrogens with one attached hydrogen (secondary N) is 1. The summed E-state index contributed by atoms with van der Waals surface area (Å²) < 4.78 is 5.42. The van der Waals surface area contributed by atoms with Crippen LogP contribution >= 0.6 is 0 Å². The molecule has 1 aliphatic rings. The van der Waals surface area contributed by atoms with E-state index in [1.807, 2.05) is 12.1 Å². The van der Waals surface area contributed by atoms with E-state index in [9.17, 15) is 5.11 Å². The van der Waals surface area contributed by atoms with Crippen molar-refractivity contribution in [2.75, 3.05) is 18.5 Å². The molecule has 0 spiro atoms. The predicted octanol–water partition coefficient (Wildman–Crippen LogP) is 1.80. The van der Waals surface area contributed by atoms with Gasteiger partial charge in [0.25, 0.3) is 0 Å². The number of fused-ring (bicyclic) bond motifs is 1. The van der Waals surface area contributed by atoms with Crippen LogP contribution in [-0.4, -0.2) is 23.9 Å². The minimum Gasteiger partial charge on any atom is -0.493 e. The second-order valence-corrected chi connectivity index (χ2v) is 4.59. The van der Waals surface area contributed by atoms with Crippen molar-refractivity contribution in [3.63, 3.8) is 0 Å². The maximum Gasteiger partial charge on any atom is 0.122 e. The molecule has 1 aromatic rings. The highest BCUT2D eigenvalue weighted by atomic mass is 16.5. The minimum atomic E-state index is -0.685. The molecule has 2 rings (SSSR count). The first-order valence-corrected chi connectivity index (χ1v) is 5.27. The van der Waals surface area contributed by atoms with Crippen LogP contribution in [0.25, 0.3) is 0 Å². The fraction of sp³-hybridized carbons (Fsp3) is 0.500. The van der Waals surface area contributed by atoms with Crippen LogP contribution in [-0.2, 0) is 6.42 Å². The zero-order chi connectivity index (χ0) is 10.9. The van der Waals surface area contributed by atoms with Gasteiger partial charge in [-0.3, -0.25) is 0 Å². The molecule has 0 atom stereocenters. The van der Waals surface area contributed by atoms with Gasteiger partial charge in [-0.1, -0.05) is 0 Å². The van der Waals surface area contributed by atoms with Gasteiger partial charge in [-0.2, -0.15) is 0 Å². The molecule has 1 aliphatic heterocycles. The molecular formula is C12H17NO2. The Labute approximate surface area is 90.1 Å². The fourth-order valence-corrected chi connectivity index (χ4v) is 1.61. The molecule has 82 valence electrons. The molecular weight excluding hydrogens is 190 g/mol. The molecule has 0 amide bonds. The van der Waals surface area contributed by atoms with E-state index < -0.39 is 5.60 Å². The van der Waals surface area contributed by atoms with Gasteiger partial charge in [0.15, 0.2) is 0 Å². The summed E-state index contributed by atoms with van der Waals surface area (Å²) in [5.74, 6) is 0.990. The highest BCUT2D eigenvalue weighted by Crippen LogP contribution is 2.27. The zero-order valence-corrected chi connectivity index (χ0v) is 9.21. The zero-order valence-electron chi connectivity index (χ0n) is 9.21. The summed E-state index contributed by atoms with van der Waals surface area (Å²) in [4.78, 5) is 0. The lowest BCUT2D eigenvalue weighted by molar-refractivity contribution is 0.0945. The molecule has 2 N–H and O–H groups in total. The molecule has 0 bridgehead atoms. The van der Waals surface area contributed by atoms with Crippen molar-refractivity contribution >= 4 is 5.69 Å². The van der Waals surface area contributed by atoms with Gasteiger partial charge in [0.05, 0.1) is 12.2 Å². The van der Waals surface area contributed by atoms with Crippen LogP contribution in [0.4, 0.5) is 5.69 Å². The lowest BCUT2D eigenvalue weighted by atomic mass is 10.1. The summed E-state index contributed by atoms with van der Waals surface area (Å²) in [6.07, 6.45) is 0.980. The van der Waals surface area contributed by atoms with Crippen LogP contribution in [0.3, 0.4) is 0 Å². The maximum absolute atomic E-state index is 9.59. The molecule has 0 saturated heterocycles. The number of benzene rings is 1. The SMILES string of the molecule is CC(C)(O)CNc1ccc2c(c1)CCO2. The van der Waals surface area contributed by atoms with Crippen molar-refractivity contribution < 1.29 is 9.84 Å². The Morgan fingerprint density at radius 1 is 1.47 bits per heavy atom. The minimum absolute atomic E-state index is 0.548. The standard InChI is InChI=1S/C12H17NO2/c1-12(2,14)8-13-10-3-4-11-9(7-10)5-6-15-11/h3-4,7,13-14H,5-6,8H2,1-2H3. The number of ether oxygens (including phenoxy) is 1. The first-order valence-electron chi connectivity index (χ1n) is 5.27. The molecule has 0 aromatic heterocycles. The lowest BCUT2D eigenvalue weighted by Crippen LogP contribution is -2.29. The average Bonchev–Trinajstić information content (AvgIpc) is 2.60. The first-order chi connectivity index (χ1) is 7.04. The highest BCUT2D eigenvalue weighted by Gasteiger charge is 2.14. The molecule has 1 heterocycles. The third kappa shape index (κ3) is 2.63.